The lowest BCUT2D eigenvalue weighted by Crippen LogP contribution is -2.21. The number of aromatic nitrogens is 5. The van der Waals surface area contributed by atoms with Crippen molar-refractivity contribution in [1.82, 2.24) is 25.0 Å². The molecule has 4 aromatic rings. The Morgan fingerprint density at radius 1 is 1.06 bits per heavy atom. The van der Waals surface area contributed by atoms with Gasteiger partial charge in [-0.2, -0.15) is 23.4 Å². The number of rotatable bonds is 5. The third-order valence-corrected chi connectivity index (χ3v) is 4.40. The second kappa shape index (κ2) is 8.57. The molecular formula is C21H15F3N6O3. The Morgan fingerprint density at radius 2 is 1.82 bits per heavy atom. The van der Waals surface area contributed by atoms with Gasteiger partial charge in [0.2, 0.25) is 5.88 Å². The average molecular weight is 456 g/mol. The molecule has 168 valence electrons. The number of amides is 1. The lowest BCUT2D eigenvalue weighted by molar-refractivity contribution is -0.143. The number of pyridine rings is 1. The van der Waals surface area contributed by atoms with E-state index in [1.807, 2.05) is 24.2 Å². The number of aromatic amines is 1. The van der Waals surface area contributed by atoms with Gasteiger partial charge in [-0.15, -0.1) is 0 Å². The molecule has 0 unspecified atom stereocenters. The van der Waals surface area contributed by atoms with E-state index in [0.29, 0.717) is 10.4 Å². The van der Waals surface area contributed by atoms with Crippen molar-refractivity contribution in [2.24, 2.45) is 0 Å². The number of H-pyrrole nitrogens is 1. The molecule has 4 rings (SSSR count). The second-order valence-electron chi connectivity index (χ2n) is 6.85. The molecule has 33 heavy (non-hydrogen) atoms. The van der Waals surface area contributed by atoms with Crippen LogP contribution in [0.1, 0.15) is 21.6 Å². The molecule has 0 saturated carbocycles. The summed E-state index contributed by atoms with van der Waals surface area (Å²) in [5.41, 5.74) is -1.45. The van der Waals surface area contributed by atoms with E-state index in [0.717, 1.165) is 23.9 Å². The van der Waals surface area contributed by atoms with E-state index >= 15 is 0 Å². The van der Waals surface area contributed by atoms with Crippen molar-refractivity contribution < 1.29 is 22.7 Å². The Hall–Kier alpha value is -4.48. The number of alkyl halides is 3. The molecule has 2 N–H and O–H groups in total. The summed E-state index contributed by atoms with van der Waals surface area (Å²) < 4.78 is 47.2. The first-order chi connectivity index (χ1) is 15.7. The molecule has 0 aliphatic heterocycles. The smallest absolute Gasteiger partial charge is 0.434 e. The van der Waals surface area contributed by atoms with Gasteiger partial charge in [0.25, 0.3) is 11.5 Å². The van der Waals surface area contributed by atoms with Gasteiger partial charge in [-0.1, -0.05) is 17.7 Å². The number of benzene rings is 1. The minimum absolute atomic E-state index is 0.152. The molecule has 0 atom stereocenters. The Labute approximate surface area is 183 Å². The van der Waals surface area contributed by atoms with Crippen molar-refractivity contribution in [3.8, 4) is 17.4 Å². The van der Waals surface area contributed by atoms with Gasteiger partial charge in [-0.05, 0) is 31.2 Å². The van der Waals surface area contributed by atoms with Gasteiger partial charge in [0.1, 0.15) is 5.75 Å². The summed E-state index contributed by atoms with van der Waals surface area (Å²) in [4.78, 5) is 27.8. The average Bonchev–Trinajstić information content (AvgIpc) is 3.23. The summed E-state index contributed by atoms with van der Waals surface area (Å²) in [5, 5.41) is 11.5. The number of anilines is 1. The van der Waals surface area contributed by atoms with Crippen LogP contribution in [0.2, 0.25) is 0 Å². The Bertz CT molecular complexity index is 1330. The van der Waals surface area contributed by atoms with Gasteiger partial charge in [-0.3, -0.25) is 9.59 Å². The highest BCUT2D eigenvalue weighted by molar-refractivity contribution is 6.05. The molecule has 3 aromatic heterocycles. The molecule has 0 saturated heterocycles. The number of nitrogens with zero attached hydrogens (tertiary/aromatic N) is 4. The summed E-state index contributed by atoms with van der Waals surface area (Å²) in [5.74, 6) is -0.556. The predicted molar refractivity (Wildman–Crippen MR) is 110 cm³/mol. The van der Waals surface area contributed by atoms with Crippen molar-refractivity contribution >= 4 is 11.6 Å². The van der Waals surface area contributed by atoms with Crippen LogP contribution in [-0.4, -0.2) is 30.9 Å². The van der Waals surface area contributed by atoms with Gasteiger partial charge >= 0.3 is 6.18 Å². The van der Waals surface area contributed by atoms with Crippen LogP contribution in [0, 0.1) is 6.92 Å². The summed E-state index contributed by atoms with van der Waals surface area (Å²) in [6, 6.07) is 12.2. The van der Waals surface area contributed by atoms with Crippen molar-refractivity contribution in [2.75, 3.05) is 5.32 Å². The number of nitrogens with one attached hydrogen (secondary N) is 2. The molecule has 1 amide bonds. The van der Waals surface area contributed by atoms with Crippen LogP contribution in [0.5, 0.6) is 11.6 Å². The fourth-order valence-electron chi connectivity index (χ4n) is 2.86. The summed E-state index contributed by atoms with van der Waals surface area (Å²) in [7, 11) is 0. The van der Waals surface area contributed by atoms with Gasteiger partial charge in [0.05, 0.1) is 23.6 Å². The topological polar surface area (TPSA) is 115 Å². The number of hydrogen-bond acceptors (Lipinski definition) is 6. The fraction of sp³-hybridized carbons (Fsp3) is 0.0952. The Morgan fingerprint density at radius 3 is 2.42 bits per heavy atom. The maximum absolute atomic E-state index is 13.7. The number of carbonyl (C=O) groups excluding carboxylic acids is 1. The van der Waals surface area contributed by atoms with Gasteiger partial charge in [-0.25, -0.2) is 14.8 Å². The lowest BCUT2D eigenvalue weighted by atomic mass is 10.2. The van der Waals surface area contributed by atoms with E-state index in [-0.39, 0.29) is 17.4 Å². The third kappa shape index (κ3) is 4.89. The highest BCUT2D eigenvalue weighted by Gasteiger charge is 2.41. The zero-order chi connectivity index (χ0) is 23.6. The molecule has 12 heteroatoms. The van der Waals surface area contributed by atoms with Crippen LogP contribution in [0.3, 0.4) is 0 Å². The fourth-order valence-corrected chi connectivity index (χ4v) is 2.86. The van der Waals surface area contributed by atoms with Crippen LogP contribution in [0.15, 0.2) is 65.7 Å². The van der Waals surface area contributed by atoms with E-state index in [9.17, 15) is 22.8 Å². The first-order valence-electron chi connectivity index (χ1n) is 9.44. The highest BCUT2D eigenvalue weighted by atomic mass is 19.4. The van der Waals surface area contributed by atoms with Crippen LogP contribution in [0.25, 0.3) is 5.82 Å². The van der Waals surface area contributed by atoms with Crippen LogP contribution in [-0.2, 0) is 6.18 Å². The second-order valence-corrected chi connectivity index (χ2v) is 6.85. The monoisotopic (exact) mass is 456 g/mol. The van der Waals surface area contributed by atoms with Gasteiger partial charge in [0, 0.05) is 12.1 Å². The summed E-state index contributed by atoms with van der Waals surface area (Å²) in [6.07, 6.45) is -2.90. The maximum atomic E-state index is 13.7. The number of hydrogen-bond donors (Lipinski definition) is 2. The van der Waals surface area contributed by atoms with Crippen LogP contribution >= 0.6 is 0 Å². The zero-order valence-corrected chi connectivity index (χ0v) is 16.9. The molecule has 0 bridgehead atoms. The predicted octanol–water partition coefficient (Wildman–Crippen LogP) is 3.72. The molecule has 3 heterocycles. The molecule has 0 aliphatic carbocycles. The molecule has 0 aliphatic rings. The van der Waals surface area contributed by atoms with E-state index in [1.165, 1.54) is 18.3 Å². The minimum atomic E-state index is -4.93. The summed E-state index contributed by atoms with van der Waals surface area (Å²) in [6.45, 7) is 1.94. The quantitative estimate of drug-likeness (QED) is 0.473. The number of carbonyl (C=O) groups is 1. The van der Waals surface area contributed by atoms with Crippen molar-refractivity contribution in [2.45, 2.75) is 13.1 Å². The molecule has 0 fully saturated rings. The normalized spacial score (nSPS) is 11.3. The van der Waals surface area contributed by atoms with Gasteiger partial charge < -0.3 is 10.1 Å². The third-order valence-electron chi connectivity index (χ3n) is 4.40. The summed E-state index contributed by atoms with van der Waals surface area (Å²) >= 11 is 0. The Kier molecular flexibility index (Phi) is 5.65. The number of halogens is 3. The van der Waals surface area contributed by atoms with Crippen LogP contribution < -0.4 is 15.6 Å². The molecular weight excluding hydrogens is 441 g/mol. The molecule has 1 aromatic carbocycles. The zero-order valence-electron chi connectivity index (χ0n) is 16.9. The standard InChI is InChI=1S/C21H15F3N6O3/c1-12-2-5-14(6-3-12)33-18-9-4-13(10-25-18)27-20(32)15-11-26-30(19(15)21(22,23)24)16-7-8-17(31)29-28-16/h2-11H,1H3,(H,27,32)(H,29,31). The SMILES string of the molecule is Cc1ccc(Oc2ccc(NC(=O)c3cnn(-c4ccc(=O)[nH]n4)c3C(F)(F)F)cn2)cc1. The maximum Gasteiger partial charge on any atom is 0.434 e. The largest absolute Gasteiger partial charge is 0.439 e. The van der Waals surface area contributed by atoms with E-state index < -0.39 is 28.9 Å². The van der Waals surface area contributed by atoms with Gasteiger partial charge in [0.15, 0.2) is 11.5 Å². The highest BCUT2D eigenvalue weighted by Crippen LogP contribution is 2.33. The van der Waals surface area contributed by atoms with E-state index in [2.05, 4.69) is 20.5 Å². The molecule has 0 spiro atoms. The van der Waals surface area contributed by atoms with Crippen molar-refractivity contribution in [1.29, 1.82) is 0 Å². The van der Waals surface area contributed by atoms with Crippen molar-refractivity contribution in [3.63, 3.8) is 0 Å². The van der Waals surface area contributed by atoms with Crippen molar-refractivity contribution in [3.05, 3.63) is 88.1 Å². The molecule has 9 nitrogen and oxygen atoms in total. The van der Waals surface area contributed by atoms with E-state index in [4.69, 9.17) is 4.74 Å². The first kappa shape index (κ1) is 21.7. The Balaban J connectivity index is 1.55. The minimum Gasteiger partial charge on any atom is -0.439 e. The number of ether oxygens (including phenoxy) is 1. The van der Waals surface area contributed by atoms with Crippen LogP contribution in [0.4, 0.5) is 18.9 Å². The number of aryl methyl sites for hydroxylation is 1. The first-order valence-corrected chi connectivity index (χ1v) is 9.44. The molecule has 0 radical (unpaired) electrons. The van der Waals surface area contributed by atoms with E-state index in [1.54, 1.807) is 12.1 Å². The lowest BCUT2D eigenvalue weighted by Gasteiger charge is -2.12.